The van der Waals surface area contributed by atoms with Crippen LogP contribution in [0.2, 0.25) is 0 Å². The van der Waals surface area contributed by atoms with Crippen LogP contribution in [0.15, 0.2) is 60.8 Å². The summed E-state index contributed by atoms with van der Waals surface area (Å²) in [6.07, 6.45) is 2.62. The summed E-state index contributed by atoms with van der Waals surface area (Å²) in [5.41, 5.74) is 18.8. The topological polar surface area (TPSA) is 236 Å². The summed E-state index contributed by atoms with van der Waals surface area (Å²) in [6.45, 7) is 0.371. The van der Waals surface area contributed by atoms with Crippen LogP contribution in [0, 0.1) is 0 Å². The van der Waals surface area contributed by atoms with Crippen molar-refractivity contribution in [1.29, 1.82) is 0 Å². The maximum absolute atomic E-state index is 13.6. The van der Waals surface area contributed by atoms with Crippen molar-refractivity contribution >= 4 is 40.5 Å². The van der Waals surface area contributed by atoms with Crippen LogP contribution in [-0.4, -0.2) is 70.4 Å². The number of benzene rings is 2. The molecule has 4 unspecified atom stereocenters. The molecule has 0 saturated heterocycles. The third-order valence-electron chi connectivity index (χ3n) is 6.97. The van der Waals surface area contributed by atoms with Crippen molar-refractivity contribution < 1.29 is 29.1 Å². The molecular weight excluding hydrogens is 554 g/mol. The van der Waals surface area contributed by atoms with Gasteiger partial charge < -0.3 is 43.2 Å². The van der Waals surface area contributed by atoms with Crippen molar-refractivity contribution in [2.24, 2.45) is 17.2 Å². The molecule has 0 radical (unpaired) electrons. The number of hydrogen-bond donors (Lipinski definition) is 8. The fourth-order valence-corrected chi connectivity index (χ4v) is 4.67. The third kappa shape index (κ3) is 9.94. The van der Waals surface area contributed by atoms with Gasteiger partial charge in [-0.15, -0.1) is 0 Å². The molecular formula is C30H39N7O6. The number of carboxylic acid groups (broad SMARTS) is 1. The van der Waals surface area contributed by atoms with E-state index in [9.17, 15) is 29.1 Å². The Bertz CT molecular complexity index is 1410. The highest BCUT2D eigenvalue weighted by Crippen LogP contribution is 2.19. The smallest absolute Gasteiger partial charge is 0.326 e. The zero-order chi connectivity index (χ0) is 31.4. The van der Waals surface area contributed by atoms with Crippen molar-refractivity contribution in [2.45, 2.75) is 62.7 Å². The molecule has 1 heterocycles. The van der Waals surface area contributed by atoms with Crippen LogP contribution in [0.4, 0.5) is 0 Å². The first-order valence-corrected chi connectivity index (χ1v) is 14.1. The molecule has 0 saturated carbocycles. The lowest BCUT2D eigenvalue weighted by Crippen LogP contribution is -2.58. The standard InChI is InChI=1S/C30H39N7O6/c31-13-7-6-12-23(35-27(39)21(32)16-26(33)38)28(40)36-24(14-18-8-2-1-3-9-18)29(41)37-25(30(42)43)15-19-17-34-22-11-5-4-10-20(19)22/h1-5,8-11,17,21,23-25,34H,6-7,12-16,31-32H2,(H2,33,38)(H,35,39)(H,36,40)(H,37,41)(H,42,43). The molecule has 2 aromatic carbocycles. The van der Waals surface area contributed by atoms with E-state index < -0.39 is 60.2 Å². The fourth-order valence-electron chi connectivity index (χ4n) is 4.67. The van der Waals surface area contributed by atoms with Crippen LogP contribution < -0.4 is 33.2 Å². The van der Waals surface area contributed by atoms with Gasteiger partial charge in [0, 0.05) is 29.9 Å². The summed E-state index contributed by atoms with van der Waals surface area (Å²) in [7, 11) is 0. The second kappa shape index (κ2) is 16.0. The number of nitrogens with two attached hydrogens (primary N) is 3. The Hall–Kier alpha value is -4.75. The van der Waals surface area contributed by atoms with Crippen LogP contribution in [0.3, 0.4) is 0 Å². The van der Waals surface area contributed by atoms with Crippen LogP contribution in [0.25, 0.3) is 10.9 Å². The summed E-state index contributed by atoms with van der Waals surface area (Å²) < 4.78 is 0. The van der Waals surface area contributed by atoms with Gasteiger partial charge in [0.25, 0.3) is 0 Å². The molecule has 13 heteroatoms. The molecule has 0 fully saturated rings. The van der Waals surface area contributed by atoms with Gasteiger partial charge in [0.15, 0.2) is 0 Å². The zero-order valence-corrected chi connectivity index (χ0v) is 23.8. The number of unbranched alkanes of at least 4 members (excludes halogenated alkanes) is 1. The first-order valence-electron chi connectivity index (χ1n) is 14.1. The minimum atomic E-state index is -1.28. The number of aromatic nitrogens is 1. The first kappa shape index (κ1) is 32.8. The number of carbonyl (C=O) groups is 5. The molecule has 0 bridgehead atoms. The molecule has 0 aliphatic carbocycles. The number of H-pyrrole nitrogens is 1. The Balaban J connectivity index is 1.80. The molecule has 230 valence electrons. The van der Waals surface area contributed by atoms with E-state index in [0.29, 0.717) is 24.9 Å². The monoisotopic (exact) mass is 593 g/mol. The second-order valence-electron chi connectivity index (χ2n) is 10.3. The Kier molecular flexibility index (Phi) is 12.2. The van der Waals surface area contributed by atoms with Crippen LogP contribution in [-0.2, 0) is 36.8 Å². The molecule has 3 aromatic rings. The predicted octanol–water partition coefficient (Wildman–Crippen LogP) is -0.176. The van der Waals surface area contributed by atoms with Crippen LogP contribution in [0.5, 0.6) is 0 Å². The molecule has 13 nitrogen and oxygen atoms in total. The molecule has 11 N–H and O–H groups in total. The summed E-state index contributed by atoms with van der Waals surface area (Å²) >= 11 is 0. The van der Waals surface area contributed by atoms with E-state index in [1.165, 1.54) is 0 Å². The van der Waals surface area contributed by atoms with Crippen molar-refractivity contribution in [3.05, 3.63) is 71.9 Å². The van der Waals surface area contributed by atoms with Crippen molar-refractivity contribution in [2.75, 3.05) is 6.54 Å². The van der Waals surface area contributed by atoms with E-state index in [0.717, 1.165) is 16.5 Å². The fraction of sp³-hybridized carbons (Fsp3) is 0.367. The Morgan fingerprint density at radius 2 is 1.42 bits per heavy atom. The van der Waals surface area contributed by atoms with Gasteiger partial charge in [-0.2, -0.15) is 0 Å². The number of rotatable bonds is 17. The normalized spacial score (nSPS) is 13.8. The SMILES string of the molecule is NCCCCC(NC(=O)C(N)CC(N)=O)C(=O)NC(Cc1ccccc1)C(=O)NC(Cc1c[nH]c2ccccc12)C(=O)O. The van der Waals surface area contributed by atoms with E-state index in [-0.39, 0.29) is 19.3 Å². The average molecular weight is 594 g/mol. The van der Waals surface area contributed by atoms with Gasteiger partial charge in [0.2, 0.25) is 23.6 Å². The van der Waals surface area contributed by atoms with E-state index in [4.69, 9.17) is 17.2 Å². The Labute approximate surface area is 248 Å². The predicted molar refractivity (Wildman–Crippen MR) is 160 cm³/mol. The largest absolute Gasteiger partial charge is 0.480 e. The maximum atomic E-state index is 13.6. The summed E-state index contributed by atoms with van der Waals surface area (Å²) in [5.74, 6) is -4.13. The number of primary amides is 1. The number of carboxylic acids is 1. The highest BCUT2D eigenvalue weighted by atomic mass is 16.4. The third-order valence-corrected chi connectivity index (χ3v) is 6.97. The number of para-hydroxylation sites is 1. The van der Waals surface area contributed by atoms with Gasteiger partial charge in [0.1, 0.15) is 18.1 Å². The minimum absolute atomic E-state index is 0.00656. The van der Waals surface area contributed by atoms with Gasteiger partial charge in [-0.3, -0.25) is 19.2 Å². The number of hydrogen-bond acceptors (Lipinski definition) is 7. The lowest BCUT2D eigenvalue weighted by Gasteiger charge is -2.25. The number of aliphatic carboxylic acids is 1. The van der Waals surface area contributed by atoms with Gasteiger partial charge in [-0.25, -0.2) is 4.79 Å². The highest BCUT2D eigenvalue weighted by Gasteiger charge is 2.31. The number of carbonyl (C=O) groups excluding carboxylic acids is 4. The lowest BCUT2D eigenvalue weighted by molar-refractivity contribution is -0.142. The van der Waals surface area contributed by atoms with E-state index in [1.807, 2.05) is 24.3 Å². The summed E-state index contributed by atoms with van der Waals surface area (Å²) in [6, 6.07) is 11.5. The minimum Gasteiger partial charge on any atom is -0.480 e. The van der Waals surface area contributed by atoms with Crippen LogP contribution in [0.1, 0.15) is 36.8 Å². The van der Waals surface area contributed by atoms with E-state index in [1.54, 1.807) is 36.5 Å². The number of nitrogens with one attached hydrogen (secondary N) is 4. The average Bonchev–Trinajstić information content (AvgIpc) is 3.38. The van der Waals surface area contributed by atoms with Crippen LogP contribution >= 0.6 is 0 Å². The van der Waals surface area contributed by atoms with Gasteiger partial charge in [-0.1, -0.05) is 48.5 Å². The first-order chi connectivity index (χ1) is 20.6. The van der Waals surface area contributed by atoms with Crippen molar-refractivity contribution in [1.82, 2.24) is 20.9 Å². The molecule has 4 amide bonds. The lowest BCUT2D eigenvalue weighted by atomic mass is 10.0. The second-order valence-corrected chi connectivity index (χ2v) is 10.3. The molecule has 0 aliphatic rings. The zero-order valence-electron chi connectivity index (χ0n) is 23.8. The van der Waals surface area contributed by atoms with Gasteiger partial charge >= 0.3 is 5.97 Å². The summed E-state index contributed by atoms with van der Waals surface area (Å²) in [4.78, 5) is 66.1. The summed E-state index contributed by atoms with van der Waals surface area (Å²) in [5, 5.41) is 18.6. The van der Waals surface area contributed by atoms with Crippen molar-refractivity contribution in [3.8, 4) is 0 Å². The number of aromatic amines is 1. The number of fused-ring (bicyclic) bond motifs is 1. The molecule has 43 heavy (non-hydrogen) atoms. The molecule has 3 rings (SSSR count). The molecule has 1 aromatic heterocycles. The Morgan fingerprint density at radius 3 is 2.09 bits per heavy atom. The Morgan fingerprint density at radius 1 is 0.791 bits per heavy atom. The maximum Gasteiger partial charge on any atom is 0.326 e. The van der Waals surface area contributed by atoms with Gasteiger partial charge in [-0.05, 0) is 43.0 Å². The molecule has 0 spiro atoms. The van der Waals surface area contributed by atoms with E-state index in [2.05, 4.69) is 20.9 Å². The highest BCUT2D eigenvalue weighted by molar-refractivity contribution is 5.95. The number of amides is 4. The quantitative estimate of drug-likeness (QED) is 0.0975. The molecule has 0 aliphatic heterocycles. The van der Waals surface area contributed by atoms with E-state index >= 15 is 0 Å². The van der Waals surface area contributed by atoms with Crippen molar-refractivity contribution in [3.63, 3.8) is 0 Å². The molecule has 4 atom stereocenters. The van der Waals surface area contributed by atoms with Gasteiger partial charge in [0.05, 0.1) is 12.5 Å².